The lowest BCUT2D eigenvalue weighted by Crippen LogP contribution is -2.13. The van der Waals surface area contributed by atoms with Crippen LogP contribution in [0, 0.1) is 18.3 Å². The zero-order valence-electron chi connectivity index (χ0n) is 22.7. The minimum Gasteiger partial charge on any atom is -0.489 e. The second kappa shape index (κ2) is 13.5. The Morgan fingerprint density at radius 1 is 0.857 bits per heavy atom. The quantitative estimate of drug-likeness (QED) is 0.124. The van der Waals surface area contributed by atoms with E-state index < -0.39 is 5.91 Å². The molecule has 1 amide bonds. The molecule has 0 unspecified atom stereocenters. The molecule has 0 spiro atoms. The number of rotatable bonds is 9. The number of hydrogen-bond donors (Lipinski definition) is 1. The highest BCUT2D eigenvalue weighted by Crippen LogP contribution is 2.29. The van der Waals surface area contributed by atoms with E-state index in [-0.39, 0.29) is 5.57 Å². The Bertz CT molecular complexity index is 1810. The van der Waals surface area contributed by atoms with E-state index in [0.717, 1.165) is 36.4 Å². The maximum atomic E-state index is 13.0. The van der Waals surface area contributed by atoms with E-state index in [1.807, 2.05) is 60.7 Å². The molecular formula is C35H26Br2N2O3. The fourth-order valence-electron chi connectivity index (χ4n) is 4.43. The Balaban J connectivity index is 1.28. The first-order chi connectivity index (χ1) is 20.4. The van der Waals surface area contributed by atoms with Crippen molar-refractivity contribution in [2.75, 3.05) is 5.32 Å². The highest BCUT2D eigenvalue weighted by molar-refractivity contribution is 9.10. The molecule has 0 atom stereocenters. The number of nitrogens with zero attached hydrogens (tertiary/aromatic N) is 1. The normalized spacial score (nSPS) is 11.1. The van der Waals surface area contributed by atoms with Crippen molar-refractivity contribution >= 4 is 60.3 Å². The first-order valence-corrected chi connectivity index (χ1v) is 14.8. The number of carbonyl (C=O) groups is 1. The predicted molar refractivity (Wildman–Crippen MR) is 174 cm³/mol. The molecule has 5 aromatic carbocycles. The third-order valence-corrected chi connectivity index (χ3v) is 7.74. The number of anilines is 1. The van der Waals surface area contributed by atoms with Crippen molar-refractivity contribution in [1.82, 2.24) is 0 Å². The standard InChI is InChI=1S/C35H26Br2N2O3/c1-23-6-9-25-4-2-3-5-32(25)33(23)22-42-34-17-12-29(37)19-26(34)18-27(20-38)35(40)39-30-13-15-31(16-14-30)41-21-24-7-10-28(36)11-8-24/h2-19H,21-22H2,1H3,(H,39,40)/b27-18+. The van der Waals surface area contributed by atoms with Crippen LogP contribution in [0.1, 0.15) is 22.3 Å². The Kier molecular flexibility index (Phi) is 9.38. The summed E-state index contributed by atoms with van der Waals surface area (Å²) in [5.41, 5.74) is 4.38. The zero-order chi connectivity index (χ0) is 29.5. The van der Waals surface area contributed by atoms with E-state index in [0.29, 0.717) is 36.0 Å². The summed E-state index contributed by atoms with van der Waals surface area (Å²) in [7, 11) is 0. The van der Waals surface area contributed by atoms with Gasteiger partial charge in [-0.1, -0.05) is 80.4 Å². The van der Waals surface area contributed by atoms with Gasteiger partial charge in [-0.05, 0) is 89.5 Å². The van der Waals surface area contributed by atoms with E-state index in [4.69, 9.17) is 9.47 Å². The minimum atomic E-state index is -0.517. The molecule has 0 aliphatic rings. The van der Waals surface area contributed by atoms with Gasteiger partial charge in [-0.15, -0.1) is 0 Å². The summed E-state index contributed by atoms with van der Waals surface area (Å²) in [6.45, 7) is 2.84. The van der Waals surface area contributed by atoms with E-state index in [1.54, 1.807) is 30.3 Å². The zero-order valence-corrected chi connectivity index (χ0v) is 25.9. The van der Waals surface area contributed by atoms with Crippen LogP contribution in [0.25, 0.3) is 16.8 Å². The summed E-state index contributed by atoms with van der Waals surface area (Å²) in [6, 6.07) is 34.9. The first-order valence-electron chi connectivity index (χ1n) is 13.2. The summed E-state index contributed by atoms with van der Waals surface area (Å²) in [5.74, 6) is 0.722. The maximum absolute atomic E-state index is 13.0. The average molecular weight is 682 g/mol. The lowest BCUT2D eigenvalue weighted by molar-refractivity contribution is -0.112. The molecule has 0 saturated heterocycles. The Labute approximate surface area is 261 Å². The average Bonchev–Trinajstić information content (AvgIpc) is 3.00. The number of hydrogen-bond acceptors (Lipinski definition) is 4. The van der Waals surface area contributed by atoms with Crippen LogP contribution >= 0.6 is 31.9 Å². The molecular weight excluding hydrogens is 656 g/mol. The number of halogens is 2. The van der Waals surface area contributed by atoms with Gasteiger partial charge in [0.1, 0.15) is 36.4 Å². The van der Waals surface area contributed by atoms with Gasteiger partial charge in [0.2, 0.25) is 0 Å². The summed E-state index contributed by atoms with van der Waals surface area (Å²) in [6.07, 6.45) is 1.54. The third-order valence-electron chi connectivity index (χ3n) is 6.71. The van der Waals surface area contributed by atoms with Gasteiger partial charge in [-0.3, -0.25) is 4.79 Å². The molecule has 5 rings (SSSR count). The van der Waals surface area contributed by atoms with Gasteiger partial charge in [0.25, 0.3) is 5.91 Å². The van der Waals surface area contributed by atoms with Crippen LogP contribution in [0.5, 0.6) is 11.5 Å². The highest BCUT2D eigenvalue weighted by atomic mass is 79.9. The lowest BCUT2D eigenvalue weighted by Gasteiger charge is -2.14. The van der Waals surface area contributed by atoms with Gasteiger partial charge >= 0.3 is 0 Å². The Morgan fingerprint density at radius 2 is 1.60 bits per heavy atom. The van der Waals surface area contributed by atoms with Crippen LogP contribution in [0.15, 0.2) is 118 Å². The van der Waals surface area contributed by atoms with E-state index in [9.17, 15) is 10.1 Å². The van der Waals surface area contributed by atoms with Crippen molar-refractivity contribution < 1.29 is 14.3 Å². The fraction of sp³-hybridized carbons (Fsp3) is 0.0857. The van der Waals surface area contributed by atoms with Crippen molar-refractivity contribution in [2.45, 2.75) is 20.1 Å². The molecule has 0 fully saturated rings. The van der Waals surface area contributed by atoms with E-state index >= 15 is 0 Å². The molecule has 1 N–H and O–H groups in total. The number of fused-ring (bicyclic) bond motifs is 1. The van der Waals surface area contributed by atoms with Crippen molar-refractivity contribution in [3.63, 3.8) is 0 Å². The number of amides is 1. The largest absolute Gasteiger partial charge is 0.489 e. The molecule has 0 bridgehead atoms. The van der Waals surface area contributed by atoms with Gasteiger partial charge in [0.05, 0.1) is 0 Å². The molecule has 0 saturated carbocycles. The summed E-state index contributed by atoms with van der Waals surface area (Å²) < 4.78 is 13.9. The molecule has 0 radical (unpaired) electrons. The number of benzene rings is 5. The summed E-state index contributed by atoms with van der Waals surface area (Å²) >= 11 is 6.92. The number of nitriles is 1. The number of nitrogens with one attached hydrogen (secondary N) is 1. The van der Waals surface area contributed by atoms with Crippen molar-refractivity contribution in [3.8, 4) is 17.6 Å². The van der Waals surface area contributed by atoms with Crippen LogP contribution in [0.2, 0.25) is 0 Å². The molecule has 5 aromatic rings. The second-order valence-corrected chi connectivity index (χ2v) is 11.4. The Morgan fingerprint density at radius 3 is 2.36 bits per heavy atom. The van der Waals surface area contributed by atoms with Crippen molar-refractivity contribution in [3.05, 3.63) is 140 Å². The van der Waals surface area contributed by atoms with Crippen LogP contribution in [0.4, 0.5) is 5.69 Å². The maximum Gasteiger partial charge on any atom is 0.266 e. The van der Waals surface area contributed by atoms with Crippen molar-refractivity contribution in [2.24, 2.45) is 0 Å². The molecule has 7 heteroatoms. The molecule has 0 heterocycles. The number of ether oxygens (including phenoxy) is 2. The third kappa shape index (κ3) is 7.27. The highest BCUT2D eigenvalue weighted by Gasteiger charge is 2.13. The molecule has 0 aliphatic carbocycles. The smallest absolute Gasteiger partial charge is 0.266 e. The monoisotopic (exact) mass is 680 g/mol. The fourth-order valence-corrected chi connectivity index (χ4v) is 5.08. The first kappa shape index (κ1) is 29.1. The second-order valence-electron chi connectivity index (χ2n) is 9.62. The van der Waals surface area contributed by atoms with Gasteiger partial charge in [0.15, 0.2) is 0 Å². The van der Waals surface area contributed by atoms with Gasteiger partial charge < -0.3 is 14.8 Å². The predicted octanol–water partition coefficient (Wildman–Crippen LogP) is 9.38. The van der Waals surface area contributed by atoms with Gasteiger partial charge in [0, 0.05) is 25.8 Å². The SMILES string of the molecule is Cc1ccc2ccccc2c1COc1ccc(Br)cc1/C=C(\C#N)C(=O)Nc1ccc(OCc2ccc(Br)cc2)cc1. The topological polar surface area (TPSA) is 71.3 Å². The minimum absolute atomic E-state index is 0.0464. The van der Waals surface area contributed by atoms with E-state index in [1.165, 1.54) is 0 Å². The van der Waals surface area contributed by atoms with Crippen molar-refractivity contribution in [1.29, 1.82) is 5.26 Å². The molecule has 0 aliphatic heterocycles. The Hall–Kier alpha value is -4.38. The summed E-state index contributed by atoms with van der Waals surface area (Å²) in [5, 5.41) is 14.9. The van der Waals surface area contributed by atoms with Crippen LogP contribution < -0.4 is 14.8 Å². The van der Waals surface area contributed by atoms with Gasteiger partial charge in [-0.25, -0.2) is 0 Å². The lowest BCUT2D eigenvalue weighted by atomic mass is 10.0. The van der Waals surface area contributed by atoms with Crippen LogP contribution in [0.3, 0.4) is 0 Å². The molecule has 208 valence electrons. The van der Waals surface area contributed by atoms with Crippen LogP contribution in [-0.2, 0) is 18.0 Å². The number of carbonyl (C=O) groups excluding carboxylic acids is 1. The van der Waals surface area contributed by atoms with Crippen LogP contribution in [-0.4, -0.2) is 5.91 Å². The molecule has 0 aromatic heterocycles. The number of aryl methyl sites for hydroxylation is 1. The van der Waals surface area contributed by atoms with Gasteiger partial charge in [-0.2, -0.15) is 5.26 Å². The summed E-state index contributed by atoms with van der Waals surface area (Å²) in [4.78, 5) is 13.0. The van der Waals surface area contributed by atoms with E-state index in [2.05, 4.69) is 68.4 Å². The molecule has 5 nitrogen and oxygen atoms in total. The molecule has 42 heavy (non-hydrogen) atoms.